The first-order valence-electron chi connectivity index (χ1n) is 6.92. The number of aliphatic imine (C=N–C) groups is 1. The number of hydrogen-bond acceptors (Lipinski definition) is 1. The Balaban J connectivity index is 1.65. The summed E-state index contributed by atoms with van der Waals surface area (Å²) in [5.74, 6) is 1.66. The molecule has 2 bridgehead atoms. The van der Waals surface area contributed by atoms with E-state index >= 15 is 0 Å². The van der Waals surface area contributed by atoms with Crippen molar-refractivity contribution in [1.82, 2.24) is 0 Å². The smallest absolute Gasteiger partial charge is 0.0639 e. The van der Waals surface area contributed by atoms with E-state index in [1.807, 2.05) is 6.07 Å². The van der Waals surface area contributed by atoms with Gasteiger partial charge in [-0.3, -0.25) is 4.99 Å². The highest BCUT2D eigenvalue weighted by atomic mass is 14.7. The van der Waals surface area contributed by atoms with Crippen molar-refractivity contribution in [2.24, 2.45) is 22.2 Å². The molecule has 3 aliphatic carbocycles. The molecule has 2 atom stereocenters. The summed E-state index contributed by atoms with van der Waals surface area (Å²) in [6.07, 6.45) is 7.14. The molecule has 0 N–H and O–H groups in total. The molecule has 1 fully saturated rings. The van der Waals surface area contributed by atoms with E-state index in [1.54, 1.807) is 0 Å². The summed E-state index contributed by atoms with van der Waals surface area (Å²) in [5.41, 5.74) is 3.26. The van der Waals surface area contributed by atoms with Crippen LogP contribution in [0.1, 0.15) is 32.3 Å². The van der Waals surface area contributed by atoms with Crippen LogP contribution in [0.3, 0.4) is 0 Å². The third kappa shape index (κ3) is 1.92. The van der Waals surface area contributed by atoms with Crippen LogP contribution < -0.4 is 0 Å². The van der Waals surface area contributed by atoms with Crippen LogP contribution in [0.2, 0.25) is 0 Å². The lowest BCUT2D eigenvalue weighted by Gasteiger charge is -2.55. The van der Waals surface area contributed by atoms with Gasteiger partial charge in [0.05, 0.1) is 6.54 Å². The van der Waals surface area contributed by atoms with Crippen molar-refractivity contribution in [3.05, 3.63) is 47.5 Å². The van der Waals surface area contributed by atoms with Crippen LogP contribution in [-0.4, -0.2) is 6.21 Å². The summed E-state index contributed by atoms with van der Waals surface area (Å²) >= 11 is 0. The Morgan fingerprint density at radius 1 is 1.28 bits per heavy atom. The van der Waals surface area contributed by atoms with Gasteiger partial charge in [0.25, 0.3) is 0 Å². The van der Waals surface area contributed by atoms with E-state index in [1.165, 1.54) is 24.0 Å². The van der Waals surface area contributed by atoms with Crippen molar-refractivity contribution in [3.8, 4) is 0 Å². The Morgan fingerprint density at radius 3 is 2.72 bits per heavy atom. The predicted molar refractivity (Wildman–Crippen MR) is 76.7 cm³/mol. The van der Waals surface area contributed by atoms with Gasteiger partial charge in [0.1, 0.15) is 0 Å². The van der Waals surface area contributed by atoms with E-state index < -0.39 is 0 Å². The molecule has 0 aliphatic heterocycles. The fraction of sp³-hybridized carbons (Fsp3) is 0.471. The fourth-order valence-electron chi connectivity index (χ4n) is 3.38. The van der Waals surface area contributed by atoms with Crippen molar-refractivity contribution in [2.75, 3.05) is 0 Å². The molecule has 0 aromatic heterocycles. The highest BCUT2D eigenvalue weighted by molar-refractivity contribution is 5.80. The van der Waals surface area contributed by atoms with Crippen LogP contribution in [0.25, 0.3) is 0 Å². The van der Waals surface area contributed by atoms with Crippen molar-refractivity contribution < 1.29 is 0 Å². The summed E-state index contributed by atoms with van der Waals surface area (Å²) in [4.78, 5) is 4.61. The molecule has 1 nitrogen and oxygen atoms in total. The molecule has 1 heteroatoms. The maximum absolute atomic E-state index is 4.61. The summed E-state index contributed by atoms with van der Waals surface area (Å²) in [5, 5.41) is 0. The number of fused-ring (bicyclic) bond motifs is 1. The van der Waals surface area contributed by atoms with Gasteiger partial charge in [0, 0.05) is 6.21 Å². The van der Waals surface area contributed by atoms with Crippen LogP contribution in [0.4, 0.5) is 0 Å². The highest BCUT2D eigenvalue weighted by Crippen LogP contribution is 2.58. The summed E-state index contributed by atoms with van der Waals surface area (Å²) in [6.45, 7) is 5.61. The summed E-state index contributed by atoms with van der Waals surface area (Å²) in [7, 11) is 0. The van der Waals surface area contributed by atoms with Crippen molar-refractivity contribution >= 4 is 6.21 Å². The van der Waals surface area contributed by atoms with Gasteiger partial charge < -0.3 is 0 Å². The maximum atomic E-state index is 4.61. The number of benzene rings is 1. The first kappa shape index (κ1) is 11.7. The lowest BCUT2D eigenvalue weighted by atomic mass is 9.49. The first-order chi connectivity index (χ1) is 8.68. The van der Waals surface area contributed by atoms with E-state index in [0.717, 1.165) is 18.4 Å². The van der Waals surface area contributed by atoms with Gasteiger partial charge in [-0.25, -0.2) is 0 Å². The van der Waals surface area contributed by atoms with Crippen LogP contribution in [0.15, 0.2) is 47.0 Å². The minimum atomic E-state index is 0.503. The number of hydrogen-bond donors (Lipinski definition) is 0. The summed E-state index contributed by atoms with van der Waals surface area (Å²) in [6, 6.07) is 10.5. The van der Waals surface area contributed by atoms with Gasteiger partial charge in [-0.15, -0.1) is 0 Å². The van der Waals surface area contributed by atoms with Crippen molar-refractivity contribution in [2.45, 2.75) is 33.2 Å². The van der Waals surface area contributed by atoms with Gasteiger partial charge in [-0.1, -0.05) is 50.3 Å². The molecule has 1 aromatic carbocycles. The Bertz CT molecular complexity index is 482. The zero-order chi connectivity index (χ0) is 12.6. The van der Waals surface area contributed by atoms with Gasteiger partial charge >= 0.3 is 0 Å². The molecule has 0 heterocycles. The zero-order valence-corrected chi connectivity index (χ0v) is 11.3. The average molecular weight is 239 g/mol. The molecule has 0 radical (unpaired) electrons. The first-order valence-corrected chi connectivity index (χ1v) is 6.92. The van der Waals surface area contributed by atoms with E-state index in [4.69, 9.17) is 0 Å². The largest absolute Gasteiger partial charge is 0.288 e. The molecular formula is C17H21N. The molecule has 0 spiro atoms. The Hall–Kier alpha value is -1.37. The Labute approximate surface area is 110 Å². The van der Waals surface area contributed by atoms with Crippen LogP contribution >= 0.6 is 0 Å². The molecule has 0 amide bonds. The lowest BCUT2D eigenvalue weighted by molar-refractivity contribution is -0.00125. The standard InChI is InChI=1S/C17H21N/c1-17(2)15-9-8-14(16(17)10-15)12-18-11-13-6-4-3-5-7-13/h3-8,12,15-16H,9-11H2,1-2H3/t15-,16-/m0/s1. The fourth-order valence-corrected chi connectivity index (χ4v) is 3.38. The van der Waals surface area contributed by atoms with E-state index in [0.29, 0.717) is 5.41 Å². The monoisotopic (exact) mass is 239 g/mol. The second kappa shape index (κ2) is 4.38. The van der Waals surface area contributed by atoms with Crippen LogP contribution in [-0.2, 0) is 6.54 Å². The molecule has 1 saturated carbocycles. The van der Waals surface area contributed by atoms with Gasteiger partial charge in [0.15, 0.2) is 0 Å². The second-order valence-corrected chi connectivity index (χ2v) is 6.20. The molecule has 3 aliphatic rings. The number of nitrogens with zero attached hydrogens (tertiary/aromatic N) is 1. The number of rotatable bonds is 3. The topological polar surface area (TPSA) is 12.4 Å². The normalized spacial score (nSPS) is 28.9. The van der Waals surface area contributed by atoms with Crippen molar-refractivity contribution in [1.29, 1.82) is 0 Å². The lowest BCUT2D eigenvalue weighted by Crippen LogP contribution is -2.48. The van der Waals surface area contributed by atoms with E-state index in [-0.39, 0.29) is 0 Å². The molecule has 94 valence electrons. The Kier molecular flexibility index (Phi) is 2.85. The molecule has 4 rings (SSSR count). The second-order valence-electron chi connectivity index (χ2n) is 6.20. The molecular weight excluding hydrogens is 218 g/mol. The van der Waals surface area contributed by atoms with E-state index in [9.17, 15) is 0 Å². The van der Waals surface area contributed by atoms with Gasteiger partial charge in [0.2, 0.25) is 0 Å². The van der Waals surface area contributed by atoms with Crippen LogP contribution in [0.5, 0.6) is 0 Å². The zero-order valence-electron chi connectivity index (χ0n) is 11.3. The Morgan fingerprint density at radius 2 is 2.06 bits per heavy atom. The highest BCUT2D eigenvalue weighted by Gasteiger charge is 2.50. The number of allylic oxidation sites excluding steroid dienone is 2. The minimum Gasteiger partial charge on any atom is -0.288 e. The third-order valence-corrected chi connectivity index (χ3v) is 4.87. The SMILES string of the molecule is CC1(C)[C@H]2CC=C(C=NCc3ccccc3)[C@@H]1C2. The predicted octanol–water partition coefficient (Wildman–Crippen LogP) is 4.25. The van der Waals surface area contributed by atoms with Gasteiger partial charge in [-0.2, -0.15) is 0 Å². The van der Waals surface area contributed by atoms with Crippen molar-refractivity contribution in [3.63, 3.8) is 0 Å². The van der Waals surface area contributed by atoms with Crippen LogP contribution in [0, 0.1) is 17.3 Å². The average Bonchev–Trinajstić information content (AvgIpc) is 2.40. The molecule has 1 aromatic rings. The quantitative estimate of drug-likeness (QED) is 0.699. The van der Waals surface area contributed by atoms with E-state index in [2.05, 4.69) is 55.4 Å². The molecule has 0 saturated heterocycles. The molecule has 18 heavy (non-hydrogen) atoms. The van der Waals surface area contributed by atoms with Gasteiger partial charge in [-0.05, 0) is 41.2 Å². The summed E-state index contributed by atoms with van der Waals surface area (Å²) < 4.78 is 0. The molecule has 0 unspecified atom stereocenters. The minimum absolute atomic E-state index is 0.503. The maximum Gasteiger partial charge on any atom is 0.0639 e. The third-order valence-electron chi connectivity index (χ3n) is 4.87.